The number of hydrogen-bond donors (Lipinski definition) is 0. The van der Waals surface area contributed by atoms with Gasteiger partial charge in [-0.15, -0.1) is 0 Å². The molecular formula is C15H22N4O2. The number of nitrogens with zero attached hydrogens (tertiary/aromatic N) is 4. The first-order chi connectivity index (χ1) is 10.2. The molecule has 1 aliphatic heterocycles. The second-order valence-corrected chi connectivity index (χ2v) is 5.81. The van der Waals surface area contributed by atoms with E-state index in [1.807, 2.05) is 30.9 Å². The van der Waals surface area contributed by atoms with Gasteiger partial charge in [-0.2, -0.15) is 5.10 Å². The van der Waals surface area contributed by atoms with Crippen LogP contribution in [0.5, 0.6) is 0 Å². The molecule has 6 heteroatoms. The van der Waals surface area contributed by atoms with Crippen LogP contribution in [-0.2, 0) is 24.8 Å². The number of hydrogen-bond acceptors (Lipinski definition) is 5. The number of likely N-dealkylation sites (tertiary alicyclic amines) is 1. The first-order valence-corrected chi connectivity index (χ1v) is 7.30. The second kappa shape index (κ2) is 5.99. The predicted octanol–water partition coefficient (Wildman–Crippen LogP) is 1.41. The van der Waals surface area contributed by atoms with Gasteiger partial charge in [0.25, 0.3) is 0 Å². The summed E-state index contributed by atoms with van der Waals surface area (Å²) in [5, 5.41) is 8.18. The minimum absolute atomic E-state index is 0.239. The molecule has 3 heterocycles. The van der Waals surface area contributed by atoms with Crippen molar-refractivity contribution in [3.8, 4) is 0 Å². The third kappa shape index (κ3) is 3.16. The molecule has 1 aliphatic rings. The normalized spacial score (nSPS) is 23.0. The van der Waals surface area contributed by atoms with Gasteiger partial charge in [-0.3, -0.25) is 9.58 Å². The van der Waals surface area contributed by atoms with Crippen LogP contribution in [0.3, 0.4) is 0 Å². The minimum Gasteiger partial charge on any atom is -0.380 e. The van der Waals surface area contributed by atoms with Crippen LogP contribution >= 0.6 is 0 Å². The standard InChI is InChI=1S/C15H22N4O2/c1-11-6-14(21-17-11)7-12-8-19(10-15(12)20-3)9-13-4-5-16-18(13)2/h4-6,12,15H,7-10H2,1-3H3/t12-,15+/m1/s1. The average Bonchev–Trinajstić information content (AvgIpc) is 3.14. The van der Waals surface area contributed by atoms with Gasteiger partial charge in [0.05, 0.1) is 17.5 Å². The van der Waals surface area contributed by atoms with Crippen LogP contribution in [0.4, 0.5) is 0 Å². The van der Waals surface area contributed by atoms with Crippen molar-refractivity contribution < 1.29 is 9.26 Å². The van der Waals surface area contributed by atoms with Crippen LogP contribution < -0.4 is 0 Å². The summed E-state index contributed by atoms with van der Waals surface area (Å²) in [4.78, 5) is 2.42. The number of aromatic nitrogens is 3. The summed E-state index contributed by atoms with van der Waals surface area (Å²) in [6.07, 6.45) is 2.96. The molecule has 0 aromatic carbocycles. The molecule has 1 fully saturated rings. The Kier molecular flexibility index (Phi) is 4.07. The largest absolute Gasteiger partial charge is 0.380 e. The zero-order chi connectivity index (χ0) is 14.8. The number of aryl methyl sites for hydroxylation is 2. The summed E-state index contributed by atoms with van der Waals surface area (Å²) in [7, 11) is 3.77. The molecule has 2 atom stereocenters. The summed E-state index contributed by atoms with van der Waals surface area (Å²) in [6, 6.07) is 4.07. The van der Waals surface area contributed by atoms with Gasteiger partial charge in [-0.25, -0.2) is 0 Å². The third-order valence-corrected chi connectivity index (χ3v) is 4.21. The maximum Gasteiger partial charge on any atom is 0.137 e. The van der Waals surface area contributed by atoms with E-state index >= 15 is 0 Å². The van der Waals surface area contributed by atoms with Gasteiger partial charge in [-0.1, -0.05) is 5.16 Å². The van der Waals surface area contributed by atoms with Gasteiger partial charge in [0.15, 0.2) is 0 Å². The number of ether oxygens (including phenoxy) is 1. The van der Waals surface area contributed by atoms with Crippen molar-refractivity contribution in [1.29, 1.82) is 0 Å². The zero-order valence-corrected chi connectivity index (χ0v) is 12.8. The highest BCUT2D eigenvalue weighted by atomic mass is 16.5. The average molecular weight is 290 g/mol. The van der Waals surface area contributed by atoms with Gasteiger partial charge in [-0.05, 0) is 13.0 Å². The SMILES string of the molecule is CO[C@H]1CN(Cc2ccnn2C)C[C@H]1Cc1cc(C)no1. The molecule has 114 valence electrons. The molecule has 0 unspecified atom stereocenters. The molecule has 0 bridgehead atoms. The van der Waals surface area contributed by atoms with E-state index in [-0.39, 0.29) is 6.10 Å². The van der Waals surface area contributed by atoms with E-state index in [9.17, 15) is 0 Å². The van der Waals surface area contributed by atoms with E-state index in [1.165, 1.54) is 5.69 Å². The lowest BCUT2D eigenvalue weighted by atomic mass is 10.0. The summed E-state index contributed by atoms with van der Waals surface area (Å²) < 4.78 is 12.9. The molecule has 0 aliphatic carbocycles. The van der Waals surface area contributed by atoms with Crippen molar-refractivity contribution in [2.45, 2.75) is 26.0 Å². The second-order valence-electron chi connectivity index (χ2n) is 5.81. The lowest BCUT2D eigenvalue weighted by Crippen LogP contribution is -2.24. The Bertz CT molecular complexity index is 592. The topological polar surface area (TPSA) is 56.3 Å². The van der Waals surface area contributed by atoms with Gasteiger partial charge in [0.1, 0.15) is 5.76 Å². The minimum atomic E-state index is 0.239. The summed E-state index contributed by atoms with van der Waals surface area (Å²) in [5.41, 5.74) is 2.16. The highest BCUT2D eigenvalue weighted by molar-refractivity contribution is 5.06. The molecule has 2 aromatic rings. The van der Waals surface area contributed by atoms with E-state index in [0.29, 0.717) is 5.92 Å². The predicted molar refractivity (Wildman–Crippen MR) is 77.7 cm³/mol. The van der Waals surface area contributed by atoms with Crippen LogP contribution in [0, 0.1) is 12.8 Å². The molecule has 21 heavy (non-hydrogen) atoms. The Hall–Kier alpha value is -1.66. The van der Waals surface area contributed by atoms with E-state index in [4.69, 9.17) is 9.26 Å². The molecule has 6 nitrogen and oxygen atoms in total. The lowest BCUT2D eigenvalue weighted by Gasteiger charge is -2.15. The Morgan fingerprint density at radius 1 is 1.43 bits per heavy atom. The smallest absolute Gasteiger partial charge is 0.137 e. The Balaban J connectivity index is 1.64. The zero-order valence-electron chi connectivity index (χ0n) is 12.8. The van der Waals surface area contributed by atoms with E-state index < -0.39 is 0 Å². The molecule has 2 aromatic heterocycles. The molecule has 0 saturated carbocycles. The molecule has 0 radical (unpaired) electrons. The number of rotatable bonds is 5. The van der Waals surface area contributed by atoms with E-state index in [1.54, 1.807) is 7.11 Å². The van der Waals surface area contributed by atoms with E-state index in [2.05, 4.69) is 21.2 Å². The highest BCUT2D eigenvalue weighted by Gasteiger charge is 2.33. The van der Waals surface area contributed by atoms with Gasteiger partial charge in [0.2, 0.25) is 0 Å². The van der Waals surface area contributed by atoms with Crippen LogP contribution in [0.25, 0.3) is 0 Å². The lowest BCUT2D eigenvalue weighted by molar-refractivity contribution is 0.0760. The maximum atomic E-state index is 5.66. The molecule has 0 spiro atoms. The highest BCUT2D eigenvalue weighted by Crippen LogP contribution is 2.25. The van der Waals surface area contributed by atoms with Crippen molar-refractivity contribution in [2.75, 3.05) is 20.2 Å². The van der Waals surface area contributed by atoms with Gasteiger partial charge >= 0.3 is 0 Å². The molecular weight excluding hydrogens is 268 g/mol. The quantitative estimate of drug-likeness (QED) is 0.833. The summed E-state index contributed by atoms with van der Waals surface area (Å²) >= 11 is 0. The fraction of sp³-hybridized carbons (Fsp3) is 0.600. The summed E-state index contributed by atoms with van der Waals surface area (Å²) in [5.74, 6) is 1.39. The Morgan fingerprint density at radius 3 is 2.90 bits per heavy atom. The van der Waals surface area contributed by atoms with Crippen LogP contribution in [0.2, 0.25) is 0 Å². The fourth-order valence-corrected chi connectivity index (χ4v) is 3.08. The van der Waals surface area contributed by atoms with Gasteiger partial charge < -0.3 is 9.26 Å². The first kappa shape index (κ1) is 14.3. The first-order valence-electron chi connectivity index (χ1n) is 7.30. The number of methoxy groups -OCH3 is 1. The van der Waals surface area contributed by atoms with Crippen LogP contribution in [0.1, 0.15) is 17.1 Å². The van der Waals surface area contributed by atoms with E-state index in [0.717, 1.165) is 37.5 Å². The molecule has 0 amide bonds. The van der Waals surface area contributed by atoms with Crippen molar-refractivity contribution in [3.63, 3.8) is 0 Å². The molecule has 1 saturated heterocycles. The Morgan fingerprint density at radius 2 is 2.29 bits per heavy atom. The third-order valence-electron chi connectivity index (χ3n) is 4.21. The van der Waals surface area contributed by atoms with Crippen molar-refractivity contribution in [1.82, 2.24) is 19.8 Å². The molecule has 3 rings (SSSR count). The molecule has 0 N–H and O–H groups in total. The Labute approximate surface area is 124 Å². The maximum absolute atomic E-state index is 5.66. The van der Waals surface area contributed by atoms with Crippen LogP contribution in [0.15, 0.2) is 22.9 Å². The van der Waals surface area contributed by atoms with Gasteiger partial charge in [0, 0.05) is 58.4 Å². The monoisotopic (exact) mass is 290 g/mol. The van der Waals surface area contributed by atoms with Crippen molar-refractivity contribution >= 4 is 0 Å². The van der Waals surface area contributed by atoms with Crippen LogP contribution in [-0.4, -0.2) is 46.1 Å². The van der Waals surface area contributed by atoms with Crippen molar-refractivity contribution in [2.24, 2.45) is 13.0 Å². The summed E-state index contributed by atoms with van der Waals surface area (Å²) in [6.45, 7) is 4.80. The fourth-order valence-electron chi connectivity index (χ4n) is 3.08. The van der Waals surface area contributed by atoms with Crippen molar-refractivity contribution in [3.05, 3.63) is 35.5 Å².